The van der Waals surface area contributed by atoms with Gasteiger partial charge in [-0.2, -0.15) is 0 Å². The van der Waals surface area contributed by atoms with Gasteiger partial charge in [0.15, 0.2) is 0 Å². The van der Waals surface area contributed by atoms with Gasteiger partial charge in [-0.15, -0.1) is 0 Å². The summed E-state index contributed by atoms with van der Waals surface area (Å²) in [4.78, 5) is 17.1. The smallest absolute Gasteiger partial charge is 0.241 e. The number of nitrogens with one attached hydrogen (secondary N) is 1. The first kappa shape index (κ1) is 17.8. The van der Waals surface area contributed by atoms with E-state index in [4.69, 9.17) is 11.6 Å². The van der Waals surface area contributed by atoms with Crippen LogP contribution >= 0.6 is 11.6 Å². The maximum Gasteiger partial charge on any atom is 0.241 e. The van der Waals surface area contributed by atoms with E-state index in [1.807, 2.05) is 19.1 Å². The maximum absolute atomic E-state index is 12.5. The highest BCUT2D eigenvalue weighted by Crippen LogP contribution is 2.22. The molecule has 1 amide bonds. The monoisotopic (exact) mass is 357 g/mol. The second-order valence-electron chi connectivity index (χ2n) is 6.49. The van der Waals surface area contributed by atoms with Gasteiger partial charge in [0.2, 0.25) is 5.91 Å². The summed E-state index contributed by atoms with van der Waals surface area (Å²) in [6.45, 7) is 7.71. The van der Waals surface area contributed by atoms with Gasteiger partial charge in [-0.3, -0.25) is 9.69 Å². The van der Waals surface area contributed by atoms with Gasteiger partial charge < -0.3 is 10.2 Å². The number of para-hydroxylation sites is 1. The van der Waals surface area contributed by atoms with Crippen molar-refractivity contribution in [2.24, 2.45) is 0 Å². The fourth-order valence-corrected chi connectivity index (χ4v) is 3.44. The quantitative estimate of drug-likeness (QED) is 0.904. The van der Waals surface area contributed by atoms with Gasteiger partial charge in [-0.1, -0.05) is 35.9 Å². The van der Waals surface area contributed by atoms with Crippen LogP contribution in [0.25, 0.3) is 0 Å². The van der Waals surface area contributed by atoms with Crippen LogP contribution in [0.15, 0.2) is 48.5 Å². The van der Waals surface area contributed by atoms with Gasteiger partial charge >= 0.3 is 0 Å². The molecule has 5 heteroatoms. The molecule has 0 radical (unpaired) electrons. The van der Waals surface area contributed by atoms with Crippen molar-refractivity contribution in [2.45, 2.75) is 19.9 Å². The molecule has 0 aromatic heterocycles. The Morgan fingerprint density at radius 3 is 2.48 bits per heavy atom. The highest BCUT2D eigenvalue weighted by Gasteiger charge is 2.26. The minimum absolute atomic E-state index is 0.00612. The lowest BCUT2D eigenvalue weighted by Crippen LogP contribution is -2.53. The van der Waals surface area contributed by atoms with E-state index in [0.29, 0.717) is 5.02 Å². The summed E-state index contributed by atoms with van der Waals surface area (Å²) >= 11 is 5.98. The summed E-state index contributed by atoms with van der Waals surface area (Å²) in [6.07, 6.45) is 0. The standard InChI is InChI=1S/C20H24ClN3O/c1-15-6-3-4-9-19(15)24-12-10-23(11-13-24)16(2)20(25)22-18-8-5-7-17(21)14-18/h3-9,14,16H,10-13H2,1-2H3,(H,22,25)/t16-/m0/s1. The van der Waals surface area contributed by atoms with Crippen molar-refractivity contribution in [3.05, 3.63) is 59.1 Å². The van der Waals surface area contributed by atoms with E-state index in [-0.39, 0.29) is 11.9 Å². The second-order valence-corrected chi connectivity index (χ2v) is 6.92. The normalized spacial score (nSPS) is 16.5. The molecule has 0 bridgehead atoms. The molecular weight excluding hydrogens is 334 g/mol. The van der Waals surface area contributed by atoms with Crippen LogP contribution < -0.4 is 10.2 Å². The van der Waals surface area contributed by atoms with Crippen molar-refractivity contribution in [2.75, 3.05) is 36.4 Å². The van der Waals surface area contributed by atoms with Crippen LogP contribution in [-0.4, -0.2) is 43.0 Å². The Hall–Kier alpha value is -2.04. The Bertz CT molecular complexity index is 741. The highest BCUT2D eigenvalue weighted by atomic mass is 35.5. The number of rotatable bonds is 4. The zero-order valence-electron chi connectivity index (χ0n) is 14.7. The van der Waals surface area contributed by atoms with Crippen LogP contribution in [-0.2, 0) is 4.79 Å². The van der Waals surface area contributed by atoms with Gasteiger partial charge in [0.1, 0.15) is 0 Å². The number of piperazine rings is 1. The van der Waals surface area contributed by atoms with Crippen molar-refractivity contribution >= 4 is 28.9 Å². The molecule has 25 heavy (non-hydrogen) atoms. The second kappa shape index (κ2) is 7.89. The number of hydrogen-bond donors (Lipinski definition) is 1. The van der Waals surface area contributed by atoms with Crippen LogP contribution in [0, 0.1) is 6.92 Å². The van der Waals surface area contributed by atoms with Crippen LogP contribution in [0.3, 0.4) is 0 Å². The number of anilines is 2. The average molecular weight is 358 g/mol. The molecule has 0 aliphatic carbocycles. The van der Waals surface area contributed by atoms with E-state index in [1.54, 1.807) is 12.1 Å². The van der Waals surface area contributed by atoms with Crippen LogP contribution in [0.5, 0.6) is 0 Å². The molecule has 1 aliphatic heterocycles. The van der Waals surface area contributed by atoms with Crippen LogP contribution in [0.2, 0.25) is 5.02 Å². The largest absolute Gasteiger partial charge is 0.369 e. The zero-order chi connectivity index (χ0) is 17.8. The summed E-state index contributed by atoms with van der Waals surface area (Å²) < 4.78 is 0. The van der Waals surface area contributed by atoms with E-state index < -0.39 is 0 Å². The van der Waals surface area contributed by atoms with E-state index >= 15 is 0 Å². The summed E-state index contributed by atoms with van der Waals surface area (Å²) in [5.74, 6) is 0.00612. The summed E-state index contributed by atoms with van der Waals surface area (Å²) in [6, 6.07) is 15.5. The molecule has 2 aromatic carbocycles. The first-order valence-electron chi connectivity index (χ1n) is 8.65. The van der Waals surface area contributed by atoms with Crippen molar-refractivity contribution in [1.82, 2.24) is 4.90 Å². The Morgan fingerprint density at radius 2 is 1.80 bits per heavy atom. The SMILES string of the molecule is Cc1ccccc1N1CCN([C@@H](C)C(=O)Nc2cccc(Cl)c2)CC1. The van der Waals surface area contributed by atoms with Gasteiger partial charge in [0.05, 0.1) is 6.04 Å². The fourth-order valence-electron chi connectivity index (χ4n) is 3.25. The number of amides is 1. The van der Waals surface area contributed by atoms with Gasteiger partial charge in [0.25, 0.3) is 0 Å². The number of carbonyl (C=O) groups is 1. The molecule has 1 saturated heterocycles. The topological polar surface area (TPSA) is 35.6 Å². The molecule has 1 aliphatic rings. The van der Waals surface area contributed by atoms with E-state index in [0.717, 1.165) is 31.9 Å². The Kier molecular flexibility index (Phi) is 5.61. The number of benzene rings is 2. The lowest BCUT2D eigenvalue weighted by Gasteiger charge is -2.39. The van der Waals surface area contributed by atoms with Crippen molar-refractivity contribution in [3.63, 3.8) is 0 Å². The Labute approximate surface area is 154 Å². The van der Waals surface area contributed by atoms with E-state index in [9.17, 15) is 4.79 Å². The van der Waals surface area contributed by atoms with Crippen molar-refractivity contribution < 1.29 is 4.79 Å². The molecule has 1 heterocycles. The third-order valence-corrected chi connectivity index (χ3v) is 5.02. The molecule has 1 fully saturated rings. The highest BCUT2D eigenvalue weighted by molar-refractivity contribution is 6.30. The summed E-state index contributed by atoms with van der Waals surface area (Å²) in [5.41, 5.74) is 3.32. The average Bonchev–Trinajstić information content (AvgIpc) is 2.62. The van der Waals surface area contributed by atoms with Crippen molar-refractivity contribution in [3.8, 4) is 0 Å². The molecule has 0 saturated carbocycles. The minimum atomic E-state index is -0.169. The first-order valence-corrected chi connectivity index (χ1v) is 9.03. The molecule has 4 nitrogen and oxygen atoms in total. The lowest BCUT2D eigenvalue weighted by molar-refractivity contribution is -0.120. The van der Waals surface area contributed by atoms with E-state index in [2.05, 4.69) is 46.3 Å². The predicted octanol–water partition coefficient (Wildman–Crippen LogP) is 3.80. The molecule has 1 N–H and O–H groups in total. The van der Waals surface area contributed by atoms with Crippen LogP contribution in [0.1, 0.15) is 12.5 Å². The minimum Gasteiger partial charge on any atom is -0.369 e. The number of hydrogen-bond acceptors (Lipinski definition) is 3. The van der Waals surface area contributed by atoms with Gasteiger partial charge in [-0.25, -0.2) is 0 Å². The fraction of sp³-hybridized carbons (Fsp3) is 0.350. The van der Waals surface area contributed by atoms with E-state index in [1.165, 1.54) is 11.3 Å². The third-order valence-electron chi connectivity index (χ3n) is 4.79. The third kappa shape index (κ3) is 4.33. The maximum atomic E-state index is 12.5. The molecule has 0 unspecified atom stereocenters. The van der Waals surface area contributed by atoms with Crippen LogP contribution in [0.4, 0.5) is 11.4 Å². The zero-order valence-corrected chi connectivity index (χ0v) is 15.5. The number of carbonyl (C=O) groups excluding carboxylic acids is 1. The molecule has 2 aromatic rings. The predicted molar refractivity (Wildman–Crippen MR) is 105 cm³/mol. The molecule has 1 atom stereocenters. The summed E-state index contributed by atoms with van der Waals surface area (Å²) in [5, 5.41) is 3.58. The Morgan fingerprint density at radius 1 is 1.08 bits per heavy atom. The first-order chi connectivity index (χ1) is 12.0. The number of nitrogens with zero attached hydrogens (tertiary/aromatic N) is 2. The Balaban J connectivity index is 1.57. The molecule has 3 rings (SSSR count). The van der Waals surface area contributed by atoms with Crippen molar-refractivity contribution in [1.29, 1.82) is 0 Å². The van der Waals surface area contributed by atoms with Gasteiger partial charge in [0, 0.05) is 42.6 Å². The summed E-state index contributed by atoms with van der Waals surface area (Å²) in [7, 11) is 0. The lowest BCUT2D eigenvalue weighted by atomic mass is 10.1. The van der Waals surface area contributed by atoms with Gasteiger partial charge in [-0.05, 0) is 43.7 Å². The number of halogens is 1. The molecule has 0 spiro atoms. The molecular formula is C20H24ClN3O. The molecule has 132 valence electrons. The number of aryl methyl sites for hydroxylation is 1.